The Hall–Kier alpha value is -1.92. The predicted octanol–water partition coefficient (Wildman–Crippen LogP) is 1.71. The summed E-state index contributed by atoms with van der Waals surface area (Å²) < 4.78 is 0. The van der Waals surface area contributed by atoms with E-state index >= 15 is 0 Å². The number of nitrogens with one attached hydrogen (secondary N) is 1. The molecule has 6 nitrogen and oxygen atoms in total. The van der Waals surface area contributed by atoms with Gasteiger partial charge in [-0.1, -0.05) is 30.3 Å². The Morgan fingerprint density at radius 1 is 1.00 bits per heavy atom. The number of hydrogen-bond acceptors (Lipinski definition) is 4. The first-order chi connectivity index (χ1) is 14.2. The SMILES string of the molecule is O=C(NCCN1CCCC1)C1CC(=O)N(C2CCN(Cc3ccccc3)CC2)C1. The van der Waals surface area contributed by atoms with Gasteiger partial charge in [0.1, 0.15) is 0 Å². The molecule has 6 heteroatoms. The van der Waals surface area contributed by atoms with E-state index in [4.69, 9.17) is 0 Å². The zero-order chi connectivity index (χ0) is 20.1. The van der Waals surface area contributed by atoms with Crippen LogP contribution in [0.25, 0.3) is 0 Å². The fourth-order valence-electron chi connectivity index (χ4n) is 4.98. The lowest BCUT2D eigenvalue weighted by Gasteiger charge is -2.36. The number of piperidine rings is 1. The average molecular weight is 399 g/mol. The average Bonchev–Trinajstić information content (AvgIpc) is 3.39. The molecule has 0 aliphatic carbocycles. The molecule has 3 saturated heterocycles. The van der Waals surface area contributed by atoms with Crippen LogP contribution >= 0.6 is 0 Å². The minimum Gasteiger partial charge on any atom is -0.355 e. The lowest BCUT2D eigenvalue weighted by Crippen LogP contribution is -2.45. The summed E-state index contributed by atoms with van der Waals surface area (Å²) in [5.41, 5.74) is 1.34. The molecule has 0 bridgehead atoms. The number of likely N-dealkylation sites (tertiary alicyclic amines) is 3. The Morgan fingerprint density at radius 2 is 1.72 bits per heavy atom. The lowest BCUT2D eigenvalue weighted by atomic mass is 10.0. The first-order valence-electron chi connectivity index (χ1n) is 11.2. The molecule has 3 heterocycles. The van der Waals surface area contributed by atoms with E-state index in [1.54, 1.807) is 0 Å². The van der Waals surface area contributed by atoms with Crippen molar-refractivity contribution in [1.82, 2.24) is 20.0 Å². The van der Waals surface area contributed by atoms with Crippen molar-refractivity contribution in [2.24, 2.45) is 5.92 Å². The van der Waals surface area contributed by atoms with E-state index in [2.05, 4.69) is 39.4 Å². The van der Waals surface area contributed by atoms with Crippen molar-refractivity contribution < 1.29 is 9.59 Å². The van der Waals surface area contributed by atoms with E-state index in [0.29, 0.717) is 19.5 Å². The first-order valence-corrected chi connectivity index (χ1v) is 11.2. The maximum Gasteiger partial charge on any atom is 0.225 e. The van der Waals surface area contributed by atoms with E-state index in [1.165, 1.54) is 18.4 Å². The molecule has 1 N–H and O–H groups in total. The van der Waals surface area contributed by atoms with E-state index in [0.717, 1.165) is 52.1 Å². The van der Waals surface area contributed by atoms with E-state index < -0.39 is 0 Å². The van der Waals surface area contributed by atoms with Gasteiger partial charge < -0.3 is 15.1 Å². The molecule has 1 aromatic carbocycles. The highest BCUT2D eigenvalue weighted by molar-refractivity contribution is 5.89. The second-order valence-corrected chi connectivity index (χ2v) is 8.78. The quantitative estimate of drug-likeness (QED) is 0.760. The van der Waals surface area contributed by atoms with Crippen LogP contribution in [0.1, 0.15) is 37.7 Å². The van der Waals surface area contributed by atoms with Crippen LogP contribution in [-0.2, 0) is 16.1 Å². The molecule has 2 amide bonds. The van der Waals surface area contributed by atoms with Crippen molar-refractivity contribution in [3.8, 4) is 0 Å². The first kappa shape index (κ1) is 20.4. The van der Waals surface area contributed by atoms with Crippen LogP contribution in [0, 0.1) is 5.92 Å². The zero-order valence-corrected chi connectivity index (χ0v) is 17.4. The monoisotopic (exact) mass is 398 g/mol. The Labute approximate surface area is 174 Å². The summed E-state index contributed by atoms with van der Waals surface area (Å²) in [7, 11) is 0. The Morgan fingerprint density at radius 3 is 2.45 bits per heavy atom. The Balaban J connectivity index is 1.19. The largest absolute Gasteiger partial charge is 0.355 e. The number of carbonyl (C=O) groups is 2. The number of carbonyl (C=O) groups excluding carboxylic acids is 2. The van der Waals surface area contributed by atoms with Crippen LogP contribution in [0.5, 0.6) is 0 Å². The van der Waals surface area contributed by atoms with Crippen LogP contribution in [-0.4, -0.2) is 78.4 Å². The van der Waals surface area contributed by atoms with Crippen LogP contribution < -0.4 is 5.32 Å². The molecule has 1 aromatic rings. The summed E-state index contributed by atoms with van der Waals surface area (Å²) in [6, 6.07) is 10.8. The second-order valence-electron chi connectivity index (χ2n) is 8.78. The summed E-state index contributed by atoms with van der Waals surface area (Å²) in [5, 5.41) is 3.06. The molecular formula is C23H34N4O2. The van der Waals surface area contributed by atoms with Gasteiger partial charge in [0.25, 0.3) is 0 Å². The molecular weight excluding hydrogens is 364 g/mol. The molecule has 0 aromatic heterocycles. The number of amides is 2. The highest BCUT2D eigenvalue weighted by atomic mass is 16.2. The van der Waals surface area contributed by atoms with Gasteiger partial charge in [-0.2, -0.15) is 0 Å². The van der Waals surface area contributed by atoms with Gasteiger partial charge in [-0.05, 0) is 44.3 Å². The topological polar surface area (TPSA) is 55.9 Å². The van der Waals surface area contributed by atoms with E-state index in [-0.39, 0.29) is 23.8 Å². The Kier molecular flexibility index (Phi) is 6.82. The van der Waals surface area contributed by atoms with Crippen LogP contribution in [0.3, 0.4) is 0 Å². The summed E-state index contributed by atoms with van der Waals surface area (Å²) in [5.74, 6) is 0.0381. The second kappa shape index (κ2) is 9.72. The molecule has 0 radical (unpaired) electrons. The summed E-state index contributed by atoms with van der Waals surface area (Å²) in [6.45, 7) is 7.51. The van der Waals surface area contributed by atoms with Gasteiger partial charge in [-0.15, -0.1) is 0 Å². The van der Waals surface area contributed by atoms with Gasteiger partial charge >= 0.3 is 0 Å². The third kappa shape index (κ3) is 5.37. The van der Waals surface area contributed by atoms with Gasteiger partial charge in [0.05, 0.1) is 5.92 Å². The molecule has 158 valence electrons. The molecule has 3 aliphatic rings. The maximum absolute atomic E-state index is 12.6. The standard InChI is InChI=1S/C23H34N4O2/c28-22-16-20(23(29)24-10-15-25-11-4-5-12-25)18-27(22)21-8-13-26(14-9-21)17-19-6-2-1-3-7-19/h1-3,6-7,20-21H,4-5,8-18H2,(H,24,29). The highest BCUT2D eigenvalue weighted by Gasteiger charge is 2.38. The third-order valence-electron chi connectivity index (χ3n) is 6.70. The smallest absolute Gasteiger partial charge is 0.225 e. The Bertz CT molecular complexity index is 681. The number of nitrogens with zero attached hydrogens (tertiary/aromatic N) is 3. The molecule has 1 unspecified atom stereocenters. The van der Waals surface area contributed by atoms with Crippen molar-refractivity contribution in [2.45, 2.75) is 44.7 Å². The van der Waals surface area contributed by atoms with Crippen LogP contribution in [0.15, 0.2) is 30.3 Å². The summed E-state index contributed by atoms with van der Waals surface area (Å²) >= 11 is 0. The molecule has 0 saturated carbocycles. The third-order valence-corrected chi connectivity index (χ3v) is 6.70. The minimum atomic E-state index is -0.177. The number of hydrogen-bond donors (Lipinski definition) is 1. The van der Waals surface area contributed by atoms with Crippen molar-refractivity contribution in [3.63, 3.8) is 0 Å². The highest BCUT2D eigenvalue weighted by Crippen LogP contribution is 2.26. The van der Waals surface area contributed by atoms with Crippen molar-refractivity contribution in [2.75, 3.05) is 45.8 Å². The van der Waals surface area contributed by atoms with Crippen molar-refractivity contribution >= 4 is 11.8 Å². The summed E-state index contributed by atoms with van der Waals surface area (Å²) in [4.78, 5) is 32.0. The zero-order valence-electron chi connectivity index (χ0n) is 17.4. The fourth-order valence-corrected chi connectivity index (χ4v) is 4.98. The van der Waals surface area contributed by atoms with Gasteiger partial charge in [0, 0.05) is 51.7 Å². The molecule has 29 heavy (non-hydrogen) atoms. The lowest BCUT2D eigenvalue weighted by molar-refractivity contribution is -0.131. The van der Waals surface area contributed by atoms with E-state index in [9.17, 15) is 9.59 Å². The molecule has 0 spiro atoms. The van der Waals surface area contributed by atoms with Crippen molar-refractivity contribution in [1.29, 1.82) is 0 Å². The number of rotatable bonds is 7. The molecule has 3 fully saturated rings. The van der Waals surface area contributed by atoms with Gasteiger partial charge in [-0.3, -0.25) is 14.5 Å². The molecule has 1 atom stereocenters. The predicted molar refractivity (Wildman–Crippen MR) is 113 cm³/mol. The van der Waals surface area contributed by atoms with E-state index in [1.807, 2.05) is 11.0 Å². The van der Waals surface area contributed by atoms with Gasteiger partial charge in [0.15, 0.2) is 0 Å². The fraction of sp³-hybridized carbons (Fsp3) is 0.652. The summed E-state index contributed by atoms with van der Waals surface area (Å²) in [6.07, 6.45) is 4.91. The molecule has 4 rings (SSSR count). The van der Waals surface area contributed by atoms with Crippen LogP contribution in [0.2, 0.25) is 0 Å². The number of benzene rings is 1. The van der Waals surface area contributed by atoms with Gasteiger partial charge in [0.2, 0.25) is 11.8 Å². The molecule has 3 aliphatic heterocycles. The minimum absolute atomic E-state index is 0.0570. The van der Waals surface area contributed by atoms with Crippen LogP contribution in [0.4, 0.5) is 0 Å². The van der Waals surface area contributed by atoms with Gasteiger partial charge in [-0.25, -0.2) is 0 Å². The maximum atomic E-state index is 12.6. The van der Waals surface area contributed by atoms with Crippen molar-refractivity contribution in [3.05, 3.63) is 35.9 Å². The normalized spacial score (nSPS) is 24.3.